The van der Waals surface area contributed by atoms with Gasteiger partial charge in [-0.3, -0.25) is 10.1 Å². The zero-order chi connectivity index (χ0) is 13.8. The fourth-order valence-corrected chi connectivity index (χ4v) is 1.54. The fraction of sp³-hybridized carbons (Fsp3) is 0.0769. The molecule has 5 nitrogen and oxygen atoms in total. The number of benzene rings is 2. The molecule has 0 spiro atoms. The Morgan fingerprint density at radius 1 is 1.21 bits per heavy atom. The standard InChI is InChI=1S/C13H10FNO4/c14-11-7-10(15(17)18)5-6-13(11)19-12-4-2-1-3-9(12)8-16/h1-7,16H,8H2. The zero-order valence-corrected chi connectivity index (χ0v) is 9.75. The van der Waals surface area contributed by atoms with Gasteiger partial charge in [-0.1, -0.05) is 18.2 Å². The van der Waals surface area contributed by atoms with Crippen LogP contribution in [0.25, 0.3) is 0 Å². The fourth-order valence-electron chi connectivity index (χ4n) is 1.54. The number of para-hydroxylation sites is 1. The topological polar surface area (TPSA) is 72.6 Å². The number of nitro groups is 1. The number of rotatable bonds is 4. The van der Waals surface area contributed by atoms with Crippen molar-refractivity contribution >= 4 is 5.69 Å². The summed E-state index contributed by atoms with van der Waals surface area (Å²) in [6, 6.07) is 9.73. The molecule has 0 atom stereocenters. The van der Waals surface area contributed by atoms with Crippen molar-refractivity contribution in [2.75, 3.05) is 0 Å². The smallest absolute Gasteiger partial charge is 0.272 e. The van der Waals surface area contributed by atoms with Crippen LogP contribution in [0.3, 0.4) is 0 Å². The Balaban J connectivity index is 2.31. The first-order valence-electron chi connectivity index (χ1n) is 5.42. The number of hydrogen-bond donors (Lipinski definition) is 1. The third-order valence-electron chi connectivity index (χ3n) is 2.49. The second-order valence-corrected chi connectivity index (χ2v) is 3.74. The van der Waals surface area contributed by atoms with Gasteiger partial charge in [0.15, 0.2) is 11.6 Å². The van der Waals surface area contributed by atoms with Gasteiger partial charge in [0.1, 0.15) is 5.75 Å². The summed E-state index contributed by atoms with van der Waals surface area (Å²) in [4.78, 5) is 9.80. The molecule has 0 amide bonds. The summed E-state index contributed by atoms with van der Waals surface area (Å²) >= 11 is 0. The van der Waals surface area contributed by atoms with Crippen LogP contribution in [0, 0.1) is 15.9 Å². The van der Waals surface area contributed by atoms with E-state index in [1.807, 2.05) is 0 Å². The third-order valence-corrected chi connectivity index (χ3v) is 2.49. The largest absolute Gasteiger partial charge is 0.454 e. The molecular weight excluding hydrogens is 253 g/mol. The third kappa shape index (κ3) is 2.86. The van der Waals surface area contributed by atoms with Crippen LogP contribution < -0.4 is 4.74 Å². The van der Waals surface area contributed by atoms with Gasteiger partial charge in [0.2, 0.25) is 0 Å². The van der Waals surface area contributed by atoms with Crippen LogP contribution in [0.15, 0.2) is 42.5 Å². The average molecular weight is 263 g/mol. The highest BCUT2D eigenvalue weighted by Gasteiger charge is 2.13. The second kappa shape index (κ2) is 5.45. The van der Waals surface area contributed by atoms with Crippen LogP contribution in [0.2, 0.25) is 0 Å². The molecule has 1 N–H and O–H groups in total. The molecular formula is C13H10FNO4. The molecule has 0 saturated carbocycles. The van der Waals surface area contributed by atoms with Gasteiger partial charge in [0, 0.05) is 11.6 Å². The molecule has 98 valence electrons. The molecule has 0 saturated heterocycles. The molecule has 0 fully saturated rings. The SMILES string of the molecule is O=[N+]([O-])c1ccc(Oc2ccccc2CO)c(F)c1. The van der Waals surface area contributed by atoms with Crippen LogP contribution in [0.4, 0.5) is 10.1 Å². The number of halogens is 1. The molecule has 0 aliphatic carbocycles. The number of ether oxygens (including phenoxy) is 1. The zero-order valence-electron chi connectivity index (χ0n) is 9.75. The van der Waals surface area contributed by atoms with Gasteiger partial charge in [0.05, 0.1) is 17.6 Å². The highest BCUT2D eigenvalue weighted by Crippen LogP contribution is 2.29. The van der Waals surface area contributed by atoms with Crippen LogP contribution in [0.1, 0.15) is 5.56 Å². The van der Waals surface area contributed by atoms with Crippen LogP contribution in [-0.2, 0) is 6.61 Å². The van der Waals surface area contributed by atoms with Gasteiger partial charge < -0.3 is 9.84 Å². The van der Waals surface area contributed by atoms with Gasteiger partial charge in [-0.2, -0.15) is 0 Å². The maximum atomic E-state index is 13.6. The Hall–Kier alpha value is -2.47. The van der Waals surface area contributed by atoms with Crippen molar-refractivity contribution in [3.63, 3.8) is 0 Å². The van der Waals surface area contributed by atoms with Gasteiger partial charge in [-0.25, -0.2) is 4.39 Å². The molecule has 2 rings (SSSR count). The Morgan fingerprint density at radius 3 is 2.58 bits per heavy atom. The molecule has 2 aromatic carbocycles. The number of nitro benzene ring substituents is 1. The van der Waals surface area contributed by atoms with Gasteiger partial charge in [-0.15, -0.1) is 0 Å². The predicted octanol–water partition coefficient (Wildman–Crippen LogP) is 3.02. The van der Waals surface area contributed by atoms with E-state index in [-0.39, 0.29) is 18.0 Å². The molecule has 0 unspecified atom stereocenters. The molecule has 19 heavy (non-hydrogen) atoms. The number of non-ortho nitro benzene ring substituents is 1. The second-order valence-electron chi connectivity index (χ2n) is 3.74. The summed E-state index contributed by atoms with van der Waals surface area (Å²) in [5.41, 5.74) is 0.153. The van der Waals surface area contributed by atoms with Gasteiger partial charge >= 0.3 is 0 Å². The average Bonchev–Trinajstić information content (AvgIpc) is 2.41. The van der Waals surface area contributed by atoms with Crippen LogP contribution in [0.5, 0.6) is 11.5 Å². The molecule has 0 bridgehead atoms. The minimum Gasteiger partial charge on any atom is -0.454 e. The van der Waals surface area contributed by atoms with Crippen molar-refractivity contribution < 1.29 is 19.2 Å². The summed E-state index contributed by atoms with van der Waals surface area (Å²) < 4.78 is 18.9. The quantitative estimate of drug-likeness (QED) is 0.679. The van der Waals surface area contributed by atoms with E-state index < -0.39 is 10.7 Å². The Kier molecular flexibility index (Phi) is 3.72. The van der Waals surface area contributed by atoms with E-state index in [0.29, 0.717) is 11.3 Å². The summed E-state index contributed by atoms with van der Waals surface area (Å²) in [6.45, 7) is -0.245. The van der Waals surface area contributed by atoms with Crippen molar-refractivity contribution in [1.82, 2.24) is 0 Å². The molecule has 0 radical (unpaired) electrons. The first kappa shape index (κ1) is 13.0. The van der Waals surface area contributed by atoms with Crippen molar-refractivity contribution in [2.45, 2.75) is 6.61 Å². The minimum absolute atomic E-state index is 0.133. The molecule has 2 aromatic rings. The maximum absolute atomic E-state index is 13.6. The van der Waals surface area contributed by atoms with E-state index in [9.17, 15) is 14.5 Å². The Labute approximate surface area is 108 Å². The summed E-state index contributed by atoms with van der Waals surface area (Å²) in [6.07, 6.45) is 0. The normalized spacial score (nSPS) is 10.2. The van der Waals surface area contributed by atoms with E-state index in [1.165, 1.54) is 6.07 Å². The lowest BCUT2D eigenvalue weighted by Crippen LogP contribution is -1.95. The summed E-state index contributed by atoms with van der Waals surface area (Å²) in [5, 5.41) is 19.6. The lowest BCUT2D eigenvalue weighted by molar-refractivity contribution is -0.385. The predicted molar refractivity (Wildman–Crippen MR) is 65.5 cm³/mol. The highest BCUT2D eigenvalue weighted by molar-refractivity contribution is 5.42. The van der Waals surface area contributed by atoms with Crippen LogP contribution in [-0.4, -0.2) is 10.0 Å². The van der Waals surface area contributed by atoms with Crippen molar-refractivity contribution in [1.29, 1.82) is 0 Å². The van der Waals surface area contributed by atoms with Crippen LogP contribution >= 0.6 is 0 Å². The van der Waals surface area contributed by atoms with Crippen molar-refractivity contribution in [3.8, 4) is 11.5 Å². The van der Waals surface area contributed by atoms with Crippen molar-refractivity contribution in [2.24, 2.45) is 0 Å². The first-order valence-corrected chi connectivity index (χ1v) is 5.42. The van der Waals surface area contributed by atoms with Gasteiger partial charge in [0.25, 0.3) is 5.69 Å². The summed E-state index contributed by atoms with van der Waals surface area (Å²) in [5.74, 6) is -0.661. The maximum Gasteiger partial charge on any atom is 0.272 e. The molecule has 0 heterocycles. The van der Waals surface area contributed by atoms with Gasteiger partial charge in [-0.05, 0) is 12.1 Å². The van der Waals surface area contributed by atoms with E-state index in [2.05, 4.69) is 0 Å². The number of aliphatic hydroxyl groups excluding tert-OH is 1. The molecule has 6 heteroatoms. The Bertz CT molecular complexity index is 615. The molecule has 0 aliphatic heterocycles. The van der Waals surface area contributed by atoms with E-state index in [0.717, 1.165) is 12.1 Å². The summed E-state index contributed by atoms with van der Waals surface area (Å²) in [7, 11) is 0. The van der Waals surface area contributed by atoms with E-state index in [4.69, 9.17) is 9.84 Å². The Morgan fingerprint density at radius 2 is 1.95 bits per heavy atom. The molecule has 0 aliphatic rings. The minimum atomic E-state index is -0.832. The first-order chi connectivity index (χ1) is 9.11. The lowest BCUT2D eigenvalue weighted by Gasteiger charge is -2.09. The lowest BCUT2D eigenvalue weighted by atomic mass is 10.2. The van der Waals surface area contributed by atoms with Crippen molar-refractivity contribution in [3.05, 3.63) is 64.0 Å². The van der Waals surface area contributed by atoms with E-state index in [1.54, 1.807) is 24.3 Å². The number of hydrogen-bond acceptors (Lipinski definition) is 4. The monoisotopic (exact) mass is 263 g/mol. The number of aliphatic hydroxyl groups is 1. The van der Waals surface area contributed by atoms with E-state index >= 15 is 0 Å². The molecule has 0 aromatic heterocycles. The number of nitrogens with zero attached hydrogens (tertiary/aromatic N) is 1. The highest BCUT2D eigenvalue weighted by atomic mass is 19.1.